The van der Waals surface area contributed by atoms with Crippen LogP contribution in [0.5, 0.6) is 11.5 Å². The van der Waals surface area contributed by atoms with E-state index in [1.54, 1.807) is 12.1 Å². The fourth-order valence-electron chi connectivity index (χ4n) is 1.32. The first-order chi connectivity index (χ1) is 7.42. The zero-order valence-corrected chi connectivity index (χ0v) is 10.5. The minimum absolute atomic E-state index is 0.0358. The van der Waals surface area contributed by atoms with Gasteiger partial charge in [-0.15, -0.1) is 0 Å². The number of hydrogen-bond donors (Lipinski definition) is 2. The molecule has 0 radical (unpaired) electrons. The molecular formula is C13H21NO2. The van der Waals surface area contributed by atoms with Gasteiger partial charge in [-0.05, 0) is 45.9 Å². The lowest BCUT2D eigenvalue weighted by atomic mass is 10.1. The molecule has 0 aliphatic rings. The molecule has 0 aliphatic heterocycles. The molecule has 0 heterocycles. The van der Waals surface area contributed by atoms with Crippen LogP contribution in [0.1, 0.15) is 33.3 Å². The molecule has 1 aromatic rings. The predicted molar refractivity (Wildman–Crippen MR) is 65.9 cm³/mol. The second-order valence-corrected chi connectivity index (χ2v) is 4.83. The van der Waals surface area contributed by atoms with E-state index in [1.807, 2.05) is 13.0 Å². The summed E-state index contributed by atoms with van der Waals surface area (Å²) in [6, 6.07) is 5.32. The van der Waals surface area contributed by atoms with Gasteiger partial charge in [0.15, 0.2) is 0 Å². The Kier molecular flexibility index (Phi) is 4.19. The number of ether oxygens (including phenoxy) is 1. The number of benzene rings is 1. The summed E-state index contributed by atoms with van der Waals surface area (Å²) in [7, 11) is 0. The van der Waals surface area contributed by atoms with Gasteiger partial charge in [0.25, 0.3) is 0 Å². The monoisotopic (exact) mass is 223 g/mol. The molecule has 0 saturated heterocycles. The highest BCUT2D eigenvalue weighted by Gasteiger charge is 2.10. The molecule has 0 atom stereocenters. The summed E-state index contributed by atoms with van der Waals surface area (Å²) >= 11 is 0. The van der Waals surface area contributed by atoms with Gasteiger partial charge in [-0.25, -0.2) is 0 Å². The Hall–Kier alpha value is -1.22. The van der Waals surface area contributed by atoms with Crippen molar-refractivity contribution in [3.63, 3.8) is 0 Å². The van der Waals surface area contributed by atoms with Gasteiger partial charge in [0, 0.05) is 17.6 Å². The van der Waals surface area contributed by atoms with Crippen molar-refractivity contribution in [2.45, 2.75) is 39.8 Å². The topological polar surface area (TPSA) is 41.5 Å². The Balaban J connectivity index is 2.74. The number of phenolic OH excluding ortho intramolecular Hbond substituents is 1. The van der Waals surface area contributed by atoms with Crippen LogP contribution in [-0.4, -0.2) is 17.3 Å². The molecule has 0 saturated carbocycles. The molecule has 0 bridgehead atoms. The van der Waals surface area contributed by atoms with Crippen molar-refractivity contribution in [2.75, 3.05) is 6.61 Å². The smallest absolute Gasteiger partial charge is 0.120 e. The molecule has 90 valence electrons. The van der Waals surface area contributed by atoms with E-state index in [1.165, 1.54) is 0 Å². The van der Waals surface area contributed by atoms with Crippen LogP contribution in [0, 0.1) is 0 Å². The van der Waals surface area contributed by atoms with E-state index < -0.39 is 0 Å². The Morgan fingerprint density at radius 1 is 1.31 bits per heavy atom. The van der Waals surface area contributed by atoms with Crippen molar-refractivity contribution < 1.29 is 9.84 Å². The summed E-state index contributed by atoms with van der Waals surface area (Å²) in [4.78, 5) is 0. The molecule has 3 nitrogen and oxygen atoms in total. The molecule has 0 unspecified atom stereocenters. The Morgan fingerprint density at radius 3 is 2.56 bits per heavy atom. The lowest BCUT2D eigenvalue weighted by Gasteiger charge is -2.21. The number of phenols is 1. The molecule has 3 heteroatoms. The van der Waals surface area contributed by atoms with Crippen LogP contribution in [0.2, 0.25) is 0 Å². The molecule has 0 aromatic heterocycles. The van der Waals surface area contributed by atoms with Crippen molar-refractivity contribution in [2.24, 2.45) is 0 Å². The third-order valence-electron chi connectivity index (χ3n) is 2.17. The summed E-state index contributed by atoms with van der Waals surface area (Å²) in [5.74, 6) is 1.10. The van der Waals surface area contributed by atoms with E-state index in [2.05, 4.69) is 26.1 Å². The second-order valence-electron chi connectivity index (χ2n) is 4.83. The highest BCUT2D eigenvalue weighted by molar-refractivity contribution is 5.39. The maximum absolute atomic E-state index is 9.70. The molecule has 1 rings (SSSR count). The molecule has 0 fully saturated rings. The summed E-state index contributed by atoms with van der Waals surface area (Å²) in [5.41, 5.74) is 0.898. The Bertz CT molecular complexity index is 342. The van der Waals surface area contributed by atoms with Gasteiger partial charge in [-0.1, -0.05) is 0 Å². The fraction of sp³-hybridized carbons (Fsp3) is 0.538. The van der Waals surface area contributed by atoms with Crippen LogP contribution in [0.3, 0.4) is 0 Å². The summed E-state index contributed by atoms with van der Waals surface area (Å²) in [5, 5.41) is 13.0. The molecule has 1 aromatic carbocycles. The average molecular weight is 223 g/mol. The van der Waals surface area contributed by atoms with Gasteiger partial charge in [-0.3, -0.25) is 0 Å². The molecular weight excluding hydrogens is 202 g/mol. The quantitative estimate of drug-likeness (QED) is 0.824. The van der Waals surface area contributed by atoms with Gasteiger partial charge in [0.05, 0.1) is 6.61 Å². The van der Waals surface area contributed by atoms with Crippen molar-refractivity contribution in [3.8, 4) is 11.5 Å². The third-order valence-corrected chi connectivity index (χ3v) is 2.17. The highest BCUT2D eigenvalue weighted by Crippen LogP contribution is 2.23. The Labute approximate surface area is 97.4 Å². The summed E-state index contributed by atoms with van der Waals surface area (Å²) < 4.78 is 5.39. The van der Waals surface area contributed by atoms with E-state index >= 15 is 0 Å². The Morgan fingerprint density at radius 2 is 2.00 bits per heavy atom. The molecule has 0 aliphatic carbocycles. The normalized spacial score (nSPS) is 11.5. The van der Waals surface area contributed by atoms with Gasteiger partial charge < -0.3 is 15.2 Å². The second kappa shape index (κ2) is 5.21. The first-order valence-electron chi connectivity index (χ1n) is 5.62. The fourth-order valence-corrected chi connectivity index (χ4v) is 1.32. The minimum Gasteiger partial charge on any atom is -0.508 e. The molecule has 0 amide bonds. The van der Waals surface area contributed by atoms with Crippen LogP contribution in [0.15, 0.2) is 18.2 Å². The van der Waals surface area contributed by atoms with Gasteiger partial charge in [-0.2, -0.15) is 0 Å². The predicted octanol–water partition coefficient (Wildman–Crippen LogP) is 2.68. The SMILES string of the molecule is CCOc1ccc(O)c(CNC(C)(C)C)c1. The van der Waals surface area contributed by atoms with Crippen LogP contribution in [-0.2, 0) is 6.54 Å². The van der Waals surface area contributed by atoms with Gasteiger partial charge >= 0.3 is 0 Å². The number of rotatable bonds is 4. The maximum atomic E-state index is 9.70. The highest BCUT2D eigenvalue weighted by atomic mass is 16.5. The van der Waals surface area contributed by atoms with E-state index in [9.17, 15) is 5.11 Å². The zero-order chi connectivity index (χ0) is 12.2. The van der Waals surface area contributed by atoms with E-state index in [0.717, 1.165) is 11.3 Å². The summed E-state index contributed by atoms with van der Waals surface area (Å²) in [6.45, 7) is 9.50. The van der Waals surface area contributed by atoms with Gasteiger partial charge in [0.1, 0.15) is 11.5 Å². The van der Waals surface area contributed by atoms with Crippen molar-refractivity contribution in [3.05, 3.63) is 23.8 Å². The number of hydrogen-bond acceptors (Lipinski definition) is 3. The number of nitrogens with one attached hydrogen (secondary N) is 1. The zero-order valence-electron chi connectivity index (χ0n) is 10.5. The first-order valence-corrected chi connectivity index (χ1v) is 5.62. The van der Waals surface area contributed by atoms with Crippen LogP contribution in [0.25, 0.3) is 0 Å². The minimum atomic E-state index is 0.0358. The van der Waals surface area contributed by atoms with E-state index in [0.29, 0.717) is 18.9 Å². The lowest BCUT2D eigenvalue weighted by Crippen LogP contribution is -2.35. The van der Waals surface area contributed by atoms with Gasteiger partial charge in [0.2, 0.25) is 0 Å². The standard InChI is InChI=1S/C13H21NO2/c1-5-16-11-6-7-12(15)10(8-11)9-14-13(2,3)4/h6-8,14-15H,5,9H2,1-4H3. The van der Waals surface area contributed by atoms with Crippen molar-refractivity contribution >= 4 is 0 Å². The average Bonchev–Trinajstić information content (AvgIpc) is 2.18. The van der Waals surface area contributed by atoms with Crippen molar-refractivity contribution in [1.82, 2.24) is 5.32 Å². The van der Waals surface area contributed by atoms with Crippen LogP contribution >= 0.6 is 0 Å². The van der Waals surface area contributed by atoms with E-state index in [-0.39, 0.29) is 5.54 Å². The maximum Gasteiger partial charge on any atom is 0.120 e. The van der Waals surface area contributed by atoms with Crippen LogP contribution < -0.4 is 10.1 Å². The molecule has 0 spiro atoms. The van der Waals surface area contributed by atoms with Crippen LogP contribution in [0.4, 0.5) is 0 Å². The first kappa shape index (κ1) is 12.8. The third kappa shape index (κ3) is 4.11. The molecule has 16 heavy (non-hydrogen) atoms. The summed E-state index contributed by atoms with van der Waals surface area (Å²) in [6.07, 6.45) is 0. The largest absolute Gasteiger partial charge is 0.508 e. The molecule has 2 N–H and O–H groups in total. The van der Waals surface area contributed by atoms with E-state index in [4.69, 9.17) is 4.74 Å². The lowest BCUT2D eigenvalue weighted by molar-refractivity contribution is 0.338. The number of aromatic hydroxyl groups is 1. The van der Waals surface area contributed by atoms with Crippen molar-refractivity contribution in [1.29, 1.82) is 0 Å².